The average molecular weight is 214 g/mol. The van der Waals surface area contributed by atoms with Crippen LogP contribution in [-0.2, 0) is 9.53 Å². The molecule has 0 bridgehead atoms. The summed E-state index contributed by atoms with van der Waals surface area (Å²) in [7, 11) is 1.85. The number of amides is 1. The summed E-state index contributed by atoms with van der Waals surface area (Å²) in [5.74, 6) is 0.701. The van der Waals surface area contributed by atoms with E-state index in [0.29, 0.717) is 25.0 Å². The Hall–Kier alpha value is -0.610. The number of rotatable bonds is 6. The van der Waals surface area contributed by atoms with Crippen molar-refractivity contribution in [1.29, 1.82) is 0 Å². The van der Waals surface area contributed by atoms with Crippen LogP contribution in [0.15, 0.2) is 0 Å². The number of ether oxygens (including phenoxy) is 1. The van der Waals surface area contributed by atoms with Crippen LogP contribution in [-0.4, -0.2) is 50.2 Å². The molecule has 0 radical (unpaired) electrons. The molecule has 1 amide bonds. The lowest BCUT2D eigenvalue weighted by Gasteiger charge is -2.27. The highest BCUT2D eigenvalue weighted by molar-refractivity contribution is 5.75. The van der Waals surface area contributed by atoms with E-state index in [9.17, 15) is 4.79 Å². The zero-order chi connectivity index (χ0) is 11.3. The second kappa shape index (κ2) is 6.08. The van der Waals surface area contributed by atoms with E-state index in [4.69, 9.17) is 4.74 Å². The summed E-state index contributed by atoms with van der Waals surface area (Å²) in [5.41, 5.74) is 0. The number of nitrogens with one attached hydrogen (secondary N) is 1. The van der Waals surface area contributed by atoms with E-state index in [1.807, 2.05) is 7.05 Å². The van der Waals surface area contributed by atoms with Crippen LogP contribution >= 0.6 is 0 Å². The third kappa shape index (κ3) is 4.62. The smallest absolute Gasteiger partial charge is 0.224 e. The van der Waals surface area contributed by atoms with E-state index >= 15 is 0 Å². The molecular formula is C11H22N2O2. The Morgan fingerprint density at radius 1 is 1.53 bits per heavy atom. The van der Waals surface area contributed by atoms with Crippen LogP contribution in [0.4, 0.5) is 0 Å². The number of carbonyl (C=O) groups is 1. The van der Waals surface area contributed by atoms with Crippen molar-refractivity contribution in [1.82, 2.24) is 10.2 Å². The minimum atomic E-state index is 0.177. The Labute approximate surface area is 92.0 Å². The Bertz CT molecular complexity index is 203. The second-order valence-electron chi connectivity index (χ2n) is 4.57. The van der Waals surface area contributed by atoms with E-state index in [1.54, 1.807) is 4.90 Å². The Balaban J connectivity index is 2.05. The van der Waals surface area contributed by atoms with Gasteiger partial charge in [0.2, 0.25) is 5.91 Å². The van der Waals surface area contributed by atoms with Crippen molar-refractivity contribution in [2.75, 3.05) is 33.3 Å². The van der Waals surface area contributed by atoms with Crippen LogP contribution < -0.4 is 5.32 Å². The molecule has 15 heavy (non-hydrogen) atoms. The molecule has 0 aromatic heterocycles. The van der Waals surface area contributed by atoms with Crippen LogP contribution in [0, 0.1) is 5.92 Å². The van der Waals surface area contributed by atoms with Crippen LogP contribution in [0.1, 0.15) is 20.3 Å². The van der Waals surface area contributed by atoms with Gasteiger partial charge in [0.25, 0.3) is 0 Å². The average Bonchev–Trinajstić information content (AvgIpc) is 2.07. The van der Waals surface area contributed by atoms with Crippen molar-refractivity contribution in [3.8, 4) is 0 Å². The van der Waals surface area contributed by atoms with Crippen molar-refractivity contribution in [3.63, 3.8) is 0 Å². The van der Waals surface area contributed by atoms with Gasteiger partial charge in [0.15, 0.2) is 0 Å². The fourth-order valence-corrected chi connectivity index (χ4v) is 1.53. The molecule has 0 aliphatic carbocycles. The maximum Gasteiger partial charge on any atom is 0.224 e. The lowest BCUT2D eigenvalue weighted by Crippen LogP contribution is -2.48. The first-order valence-electron chi connectivity index (χ1n) is 5.66. The monoisotopic (exact) mass is 214 g/mol. The Morgan fingerprint density at radius 3 is 2.67 bits per heavy atom. The predicted octanol–water partition coefficient (Wildman–Crippen LogP) is 0.479. The van der Waals surface area contributed by atoms with Gasteiger partial charge in [0.1, 0.15) is 0 Å². The minimum absolute atomic E-state index is 0.177. The molecule has 0 aromatic rings. The van der Waals surface area contributed by atoms with Crippen LogP contribution in [0.3, 0.4) is 0 Å². The van der Waals surface area contributed by atoms with E-state index in [1.165, 1.54) is 0 Å². The minimum Gasteiger partial charge on any atom is -0.375 e. The largest absolute Gasteiger partial charge is 0.375 e. The third-order valence-electron chi connectivity index (χ3n) is 2.48. The molecule has 0 atom stereocenters. The molecule has 4 nitrogen and oxygen atoms in total. The molecule has 1 aliphatic heterocycles. The Morgan fingerprint density at radius 2 is 2.20 bits per heavy atom. The van der Waals surface area contributed by atoms with Gasteiger partial charge in [0, 0.05) is 26.7 Å². The predicted molar refractivity (Wildman–Crippen MR) is 59.7 cm³/mol. The fourth-order valence-electron chi connectivity index (χ4n) is 1.53. The van der Waals surface area contributed by atoms with Crippen LogP contribution in [0.2, 0.25) is 0 Å². The summed E-state index contributed by atoms with van der Waals surface area (Å²) in [6.45, 7) is 7.45. The summed E-state index contributed by atoms with van der Waals surface area (Å²) in [6, 6.07) is 0. The van der Waals surface area contributed by atoms with E-state index < -0.39 is 0 Å². The molecule has 1 saturated heterocycles. The number of carbonyl (C=O) groups excluding carboxylic acids is 1. The standard InChI is InChI=1S/C11H22N2O2/c1-9(2)8-13(3)11(14)4-5-15-10-6-12-7-10/h9-10,12H,4-8H2,1-3H3. The zero-order valence-corrected chi connectivity index (χ0v) is 9.95. The second-order valence-corrected chi connectivity index (χ2v) is 4.57. The van der Waals surface area contributed by atoms with Gasteiger partial charge in [-0.2, -0.15) is 0 Å². The highest BCUT2D eigenvalue weighted by Gasteiger charge is 2.17. The van der Waals surface area contributed by atoms with E-state index in [2.05, 4.69) is 19.2 Å². The molecule has 0 aromatic carbocycles. The van der Waals surface area contributed by atoms with Crippen LogP contribution in [0.5, 0.6) is 0 Å². The summed E-state index contributed by atoms with van der Waals surface area (Å²) in [6.07, 6.45) is 0.827. The van der Waals surface area contributed by atoms with Crippen molar-refractivity contribution < 1.29 is 9.53 Å². The normalized spacial score (nSPS) is 16.5. The number of nitrogens with zero attached hydrogens (tertiary/aromatic N) is 1. The first kappa shape index (κ1) is 12.5. The molecule has 1 aliphatic rings. The van der Waals surface area contributed by atoms with E-state index in [0.717, 1.165) is 19.6 Å². The molecule has 1 N–H and O–H groups in total. The highest BCUT2D eigenvalue weighted by Crippen LogP contribution is 2.02. The summed E-state index contributed by atoms with van der Waals surface area (Å²) >= 11 is 0. The summed E-state index contributed by atoms with van der Waals surface area (Å²) in [5, 5.41) is 3.13. The van der Waals surface area contributed by atoms with Gasteiger partial charge in [-0.1, -0.05) is 13.8 Å². The van der Waals surface area contributed by atoms with Gasteiger partial charge in [-0.3, -0.25) is 4.79 Å². The third-order valence-corrected chi connectivity index (χ3v) is 2.48. The zero-order valence-electron chi connectivity index (χ0n) is 9.95. The molecule has 0 spiro atoms. The molecule has 1 heterocycles. The molecule has 0 saturated carbocycles. The molecule has 88 valence electrons. The first-order valence-corrected chi connectivity index (χ1v) is 5.66. The summed E-state index contributed by atoms with van der Waals surface area (Å²) in [4.78, 5) is 13.4. The summed E-state index contributed by atoms with van der Waals surface area (Å²) < 4.78 is 5.49. The number of hydrogen-bond acceptors (Lipinski definition) is 3. The number of hydrogen-bond donors (Lipinski definition) is 1. The molecule has 4 heteroatoms. The van der Waals surface area contributed by atoms with Crippen molar-refractivity contribution in [2.45, 2.75) is 26.4 Å². The highest BCUT2D eigenvalue weighted by atomic mass is 16.5. The Kier molecular flexibility index (Phi) is 5.05. The molecular weight excluding hydrogens is 192 g/mol. The lowest BCUT2D eigenvalue weighted by atomic mass is 10.2. The van der Waals surface area contributed by atoms with Crippen LogP contribution in [0.25, 0.3) is 0 Å². The maximum atomic E-state index is 11.6. The van der Waals surface area contributed by atoms with Crippen molar-refractivity contribution in [3.05, 3.63) is 0 Å². The molecule has 1 fully saturated rings. The van der Waals surface area contributed by atoms with Gasteiger partial charge in [-0.25, -0.2) is 0 Å². The van der Waals surface area contributed by atoms with Crippen molar-refractivity contribution >= 4 is 5.91 Å². The SMILES string of the molecule is CC(C)CN(C)C(=O)CCOC1CNC1. The lowest BCUT2D eigenvalue weighted by molar-refractivity contribution is -0.132. The fraction of sp³-hybridized carbons (Fsp3) is 0.909. The van der Waals surface area contributed by atoms with Gasteiger partial charge in [0.05, 0.1) is 19.1 Å². The molecule has 1 rings (SSSR count). The quantitative estimate of drug-likeness (QED) is 0.699. The maximum absolute atomic E-state index is 11.6. The van der Waals surface area contributed by atoms with Gasteiger partial charge >= 0.3 is 0 Å². The van der Waals surface area contributed by atoms with E-state index in [-0.39, 0.29) is 5.91 Å². The van der Waals surface area contributed by atoms with Gasteiger partial charge < -0.3 is 15.0 Å². The van der Waals surface area contributed by atoms with Gasteiger partial charge in [-0.05, 0) is 5.92 Å². The van der Waals surface area contributed by atoms with Crippen molar-refractivity contribution in [2.24, 2.45) is 5.92 Å². The topological polar surface area (TPSA) is 41.6 Å². The van der Waals surface area contributed by atoms with Gasteiger partial charge in [-0.15, -0.1) is 0 Å². The molecule has 0 unspecified atom stereocenters. The first-order chi connectivity index (χ1) is 7.09.